The Morgan fingerprint density at radius 1 is 1.33 bits per heavy atom. The molecule has 5 heteroatoms. The zero-order valence-corrected chi connectivity index (χ0v) is 12.4. The predicted octanol–water partition coefficient (Wildman–Crippen LogP) is 3.46. The highest BCUT2D eigenvalue weighted by Gasteiger charge is 2.16. The van der Waals surface area contributed by atoms with Gasteiger partial charge in [-0.25, -0.2) is 5.43 Å². The van der Waals surface area contributed by atoms with Gasteiger partial charge in [-0.3, -0.25) is 5.84 Å². The molecule has 1 aromatic heterocycles. The first kappa shape index (κ1) is 13.5. The number of benzene rings is 1. The minimum atomic E-state index is -0.00458. The summed E-state index contributed by atoms with van der Waals surface area (Å²) in [6.45, 7) is 2.65. The number of nitrogens with one attached hydrogen (secondary N) is 1. The second-order valence-corrected chi connectivity index (χ2v) is 5.54. The maximum atomic E-state index is 5.67. The largest absolute Gasteiger partial charge is 0.494 e. The fourth-order valence-electron chi connectivity index (χ4n) is 1.76. The number of hydrazine groups is 1. The van der Waals surface area contributed by atoms with Gasteiger partial charge in [0.25, 0.3) is 0 Å². The quantitative estimate of drug-likeness (QED) is 0.653. The molecule has 3 nitrogen and oxygen atoms in total. The molecule has 3 N–H and O–H groups in total. The maximum absolute atomic E-state index is 5.67. The zero-order valence-electron chi connectivity index (χ0n) is 10.0. The number of halogens is 1. The van der Waals surface area contributed by atoms with Gasteiger partial charge in [-0.15, -0.1) is 11.3 Å². The van der Waals surface area contributed by atoms with Crippen LogP contribution in [0.25, 0.3) is 0 Å². The number of rotatable bonds is 5. The van der Waals surface area contributed by atoms with E-state index in [0.717, 1.165) is 15.8 Å². The Bertz CT molecular complexity index is 498. The summed E-state index contributed by atoms with van der Waals surface area (Å²) in [5, 5.41) is 2.04. The van der Waals surface area contributed by atoms with Crippen molar-refractivity contribution in [2.24, 2.45) is 5.84 Å². The molecule has 0 aliphatic carbocycles. The van der Waals surface area contributed by atoms with Gasteiger partial charge in [0.2, 0.25) is 0 Å². The van der Waals surface area contributed by atoms with E-state index in [1.54, 1.807) is 11.3 Å². The van der Waals surface area contributed by atoms with Crippen LogP contribution in [0.2, 0.25) is 0 Å². The maximum Gasteiger partial charge on any atom is 0.119 e. The Morgan fingerprint density at radius 2 is 2.06 bits per heavy atom. The number of ether oxygens (including phenoxy) is 1. The normalized spacial score (nSPS) is 12.4. The number of nitrogens with two attached hydrogens (primary N) is 1. The van der Waals surface area contributed by atoms with Crippen molar-refractivity contribution in [1.29, 1.82) is 0 Å². The lowest BCUT2D eigenvalue weighted by atomic mass is 10.1. The lowest BCUT2D eigenvalue weighted by molar-refractivity contribution is 0.340. The molecule has 1 unspecified atom stereocenters. The van der Waals surface area contributed by atoms with Crippen molar-refractivity contribution in [3.63, 3.8) is 0 Å². The Hall–Kier alpha value is -0.880. The van der Waals surface area contributed by atoms with Gasteiger partial charge in [-0.1, -0.05) is 12.1 Å². The summed E-state index contributed by atoms with van der Waals surface area (Å²) in [4.78, 5) is 1.17. The van der Waals surface area contributed by atoms with Crippen molar-refractivity contribution in [1.82, 2.24) is 5.43 Å². The Kier molecular flexibility index (Phi) is 4.77. The van der Waals surface area contributed by atoms with Crippen LogP contribution in [0.15, 0.2) is 40.2 Å². The second-order valence-electron chi connectivity index (χ2n) is 3.73. The molecule has 0 aliphatic rings. The van der Waals surface area contributed by atoms with Gasteiger partial charge in [0.1, 0.15) is 5.75 Å². The van der Waals surface area contributed by atoms with Gasteiger partial charge >= 0.3 is 0 Å². The average molecular weight is 327 g/mol. The molecule has 0 fully saturated rings. The first-order valence-electron chi connectivity index (χ1n) is 5.68. The van der Waals surface area contributed by atoms with Crippen LogP contribution in [-0.4, -0.2) is 6.61 Å². The predicted molar refractivity (Wildman–Crippen MR) is 78.8 cm³/mol. The summed E-state index contributed by atoms with van der Waals surface area (Å²) in [7, 11) is 0. The van der Waals surface area contributed by atoms with Crippen LogP contribution < -0.4 is 16.0 Å². The van der Waals surface area contributed by atoms with Crippen molar-refractivity contribution in [3.05, 3.63) is 50.6 Å². The molecule has 1 atom stereocenters. The minimum absolute atomic E-state index is 0.00458. The third-order valence-electron chi connectivity index (χ3n) is 2.60. The molecular formula is C13H15BrN2OS. The van der Waals surface area contributed by atoms with Crippen LogP contribution in [-0.2, 0) is 0 Å². The van der Waals surface area contributed by atoms with Crippen molar-refractivity contribution in [3.8, 4) is 5.75 Å². The van der Waals surface area contributed by atoms with E-state index >= 15 is 0 Å². The monoisotopic (exact) mass is 326 g/mol. The average Bonchev–Trinajstić information content (AvgIpc) is 2.79. The van der Waals surface area contributed by atoms with E-state index in [-0.39, 0.29) is 6.04 Å². The molecule has 0 aliphatic heterocycles. The number of thiophene rings is 1. The highest BCUT2D eigenvalue weighted by atomic mass is 79.9. The summed E-state index contributed by atoms with van der Waals surface area (Å²) in [5.74, 6) is 6.54. The molecule has 0 spiro atoms. The molecule has 2 aromatic rings. The number of hydrogen-bond acceptors (Lipinski definition) is 4. The van der Waals surface area contributed by atoms with E-state index < -0.39 is 0 Å². The molecule has 18 heavy (non-hydrogen) atoms. The fraction of sp³-hybridized carbons (Fsp3) is 0.231. The standard InChI is InChI=1S/C13H15BrN2OS/c1-2-17-10-5-3-9(4-6-10)12(16-15)13-11(14)7-8-18-13/h3-8,12,16H,2,15H2,1H3. The van der Waals surface area contributed by atoms with Crippen molar-refractivity contribution < 1.29 is 4.74 Å². The van der Waals surface area contributed by atoms with Crippen LogP contribution in [0, 0.1) is 0 Å². The Morgan fingerprint density at radius 3 is 2.56 bits per heavy atom. The van der Waals surface area contributed by atoms with Crippen molar-refractivity contribution in [2.75, 3.05) is 6.61 Å². The molecule has 0 saturated carbocycles. The van der Waals surface area contributed by atoms with Crippen LogP contribution >= 0.6 is 27.3 Å². The first-order chi connectivity index (χ1) is 8.76. The van der Waals surface area contributed by atoms with E-state index in [1.165, 1.54) is 4.88 Å². The van der Waals surface area contributed by atoms with Gasteiger partial charge in [-0.05, 0) is 52.0 Å². The molecule has 1 aromatic carbocycles. The van der Waals surface area contributed by atoms with Crippen LogP contribution in [0.3, 0.4) is 0 Å². The molecule has 0 amide bonds. The second kappa shape index (κ2) is 6.33. The highest BCUT2D eigenvalue weighted by Crippen LogP contribution is 2.33. The third kappa shape index (κ3) is 2.92. The molecule has 0 bridgehead atoms. The molecular weight excluding hydrogens is 312 g/mol. The first-order valence-corrected chi connectivity index (χ1v) is 7.35. The van der Waals surface area contributed by atoms with Gasteiger partial charge in [-0.2, -0.15) is 0 Å². The minimum Gasteiger partial charge on any atom is -0.494 e. The summed E-state index contributed by atoms with van der Waals surface area (Å²) in [6.07, 6.45) is 0. The van der Waals surface area contributed by atoms with Gasteiger partial charge in [0.15, 0.2) is 0 Å². The fourth-order valence-corrected chi connectivity index (χ4v) is 3.45. The van der Waals surface area contributed by atoms with Crippen molar-refractivity contribution in [2.45, 2.75) is 13.0 Å². The topological polar surface area (TPSA) is 47.3 Å². The number of hydrogen-bond donors (Lipinski definition) is 2. The van der Waals surface area contributed by atoms with E-state index in [0.29, 0.717) is 6.61 Å². The van der Waals surface area contributed by atoms with Crippen LogP contribution in [0.1, 0.15) is 23.4 Å². The van der Waals surface area contributed by atoms with Gasteiger partial charge < -0.3 is 4.74 Å². The Balaban J connectivity index is 2.25. The van der Waals surface area contributed by atoms with E-state index in [2.05, 4.69) is 21.4 Å². The third-order valence-corrected chi connectivity index (χ3v) is 4.53. The lowest BCUT2D eigenvalue weighted by Crippen LogP contribution is -2.28. The van der Waals surface area contributed by atoms with Crippen LogP contribution in [0.4, 0.5) is 0 Å². The Labute approximate surface area is 119 Å². The molecule has 0 radical (unpaired) electrons. The molecule has 2 rings (SSSR count). The summed E-state index contributed by atoms with van der Waals surface area (Å²) < 4.78 is 6.50. The summed E-state index contributed by atoms with van der Waals surface area (Å²) in [6, 6.07) is 10.0. The molecule has 96 valence electrons. The van der Waals surface area contributed by atoms with Gasteiger partial charge in [0.05, 0.1) is 12.6 Å². The van der Waals surface area contributed by atoms with E-state index in [1.807, 2.05) is 42.6 Å². The SMILES string of the molecule is CCOc1ccc(C(NN)c2sccc2Br)cc1. The van der Waals surface area contributed by atoms with E-state index in [9.17, 15) is 0 Å². The van der Waals surface area contributed by atoms with Gasteiger partial charge in [0, 0.05) is 9.35 Å². The summed E-state index contributed by atoms with van der Waals surface area (Å²) in [5.41, 5.74) is 3.97. The van der Waals surface area contributed by atoms with E-state index in [4.69, 9.17) is 10.6 Å². The summed E-state index contributed by atoms with van der Waals surface area (Å²) >= 11 is 5.21. The smallest absolute Gasteiger partial charge is 0.119 e. The zero-order chi connectivity index (χ0) is 13.0. The molecule has 1 heterocycles. The highest BCUT2D eigenvalue weighted by molar-refractivity contribution is 9.10. The van der Waals surface area contributed by atoms with Crippen molar-refractivity contribution >= 4 is 27.3 Å². The lowest BCUT2D eigenvalue weighted by Gasteiger charge is -2.16. The van der Waals surface area contributed by atoms with Crippen LogP contribution in [0.5, 0.6) is 5.75 Å². The molecule has 0 saturated heterocycles.